The van der Waals surface area contributed by atoms with Crippen molar-refractivity contribution in [1.29, 1.82) is 10.5 Å². The molecule has 0 spiro atoms. The average Bonchev–Trinajstić information content (AvgIpc) is 4.03. The number of fused-ring (bicyclic) bond motifs is 10. The minimum atomic E-state index is -0.487. The largest absolute Gasteiger partial charge is 0.390 e. The lowest BCUT2D eigenvalue weighted by Crippen LogP contribution is -2.52. The summed E-state index contributed by atoms with van der Waals surface area (Å²) in [5.74, 6) is 8.71. The molecule has 10 heteroatoms. The second-order valence-electron chi connectivity index (χ2n) is 25.5. The van der Waals surface area contributed by atoms with Crippen LogP contribution in [-0.2, 0) is 22.7 Å². The molecule has 18 atom stereocenters. The van der Waals surface area contributed by atoms with E-state index in [9.17, 15) is 30.3 Å². The molecule has 2 heterocycles. The van der Waals surface area contributed by atoms with Gasteiger partial charge in [-0.05, 0) is 217 Å². The van der Waals surface area contributed by atoms with Gasteiger partial charge >= 0.3 is 0 Å². The van der Waals surface area contributed by atoms with Crippen LogP contribution in [-0.4, -0.2) is 47.3 Å². The number of ketones is 2. The summed E-state index contributed by atoms with van der Waals surface area (Å²) in [4.78, 5) is 30.9. The van der Waals surface area contributed by atoms with Crippen LogP contribution in [0, 0.1) is 136 Å². The first-order chi connectivity index (χ1) is 32.0. The highest BCUT2D eigenvalue weighted by molar-refractivity contribution is 5.83. The van der Waals surface area contributed by atoms with Crippen LogP contribution in [0.3, 0.4) is 0 Å². The number of carbonyl (C=O) groups is 2. The molecule has 10 nitrogen and oxygen atoms in total. The number of aromatic nitrogens is 3. The van der Waals surface area contributed by atoms with E-state index >= 15 is 0 Å². The topological polar surface area (TPSA) is 149 Å². The molecule has 0 aliphatic heterocycles. The Morgan fingerprint density at radius 1 is 0.761 bits per heavy atom. The van der Waals surface area contributed by atoms with E-state index in [2.05, 4.69) is 29.9 Å². The molecule has 0 bridgehead atoms. The van der Waals surface area contributed by atoms with E-state index in [1.54, 1.807) is 0 Å². The maximum absolute atomic E-state index is 13.9. The van der Waals surface area contributed by atoms with Gasteiger partial charge in [-0.1, -0.05) is 44.8 Å². The van der Waals surface area contributed by atoms with Crippen molar-refractivity contribution in [3.05, 3.63) is 47.2 Å². The van der Waals surface area contributed by atoms with Crippen LogP contribution < -0.4 is 0 Å². The molecular formula is C57H78N6O4. The Hall–Kier alpha value is -3.78. The van der Waals surface area contributed by atoms with E-state index in [1.807, 2.05) is 49.9 Å². The van der Waals surface area contributed by atoms with Gasteiger partial charge < -0.3 is 19.6 Å². The van der Waals surface area contributed by atoms with Crippen LogP contribution in [0.4, 0.5) is 5.82 Å². The molecule has 11 rings (SSSR count). The lowest BCUT2D eigenvalue weighted by Gasteiger charge is -2.58. The molecule has 2 aromatic rings. The van der Waals surface area contributed by atoms with Gasteiger partial charge in [0.25, 0.3) is 5.82 Å². The normalized spacial score (nSPS) is 45.1. The zero-order valence-corrected chi connectivity index (χ0v) is 41.2. The van der Waals surface area contributed by atoms with Crippen molar-refractivity contribution in [2.24, 2.45) is 99.6 Å². The smallest absolute Gasteiger partial charge is 0.253 e. The number of aryl methyl sites for hydroxylation is 1. The Kier molecular flexibility index (Phi) is 12.3. The van der Waals surface area contributed by atoms with Crippen molar-refractivity contribution in [2.45, 2.75) is 181 Å². The summed E-state index contributed by atoms with van der Waals surface area (Å²) >= 11 is 0. The minimum absolute atomic E-state index is 0.0205. The fourth-order valence-electron chi connectivity index (χ4n) is 18.8. The van der Waals surface area contributed by atoms with Crippen molar-refractivity contribution >= 4 is 17.4 Å². The van der Waals surface area contributed by atoms with Crippen molar-refractivity contribution in [2.75, 3.05) is 0 Å². The number of carbonyl (C=O) groups excluding carboxylic acids is 2. The Morgan fingerprint density at radius 2 is 1.39 bits per heavy atom. The van der Waals surface area contributed by atoms with E-state index in [0.29, 0.717) is 48.0 Å². The molecule has 360 valence electrons. The molecule has 0 radical (unpaired) electrons. The van der Waals surface area contributed by atoms with Gasteiger partial charge in [0.05, 0.1) is 29.7 Å². The summed E-state index contributed by atoms with van der Waals surface area (Å²) in [6.07, 6.45) is 25.5. The van der Waals surface area contributed by atoms with Gasteiger partial charge in [0, 0.05) is 30.3 Å². The number of hydrogen-bond acceptors (Lipinski definition) is 7. The number of nitriles is 2. The quantitative estimate of drug-likeness (QED) is 0.263. The number of Topliss-reactive ketones (excluding diaryl/α,β-unsaturated/α-hetero) is 2. The van der Waals surface area contributed by atoms with E-state index in [4.69, 9.17) is 6.57 Å². The van der Waals surface area contributed by atoms with Gasteiger partial charge in [0.1, 0.15) is 6.07 Å². The molecule has 2 aromatic heterocycles. The lowest BCUT2D eigenvalue weighted by atomic mass is 9.47. The zero-order chi connectivity index (χ0) is 47.2. The summed E-state index contributed by atoms with van der Waals surface area (Å²) in [6, 6.07) is 8.11. The highest BCUT2D eigenvalue weighted by atomic mass is 16.3. The maximum atomic E-state index is 13.9. The first-order valence-electron chi connectivity index (χ1n) is 26.8. The van der Waals surface area contributed by atoms with Gasteiger partial charge in [-0.3, -0.25) is 9.59 Å². The molecule has 9 saturated carbocycles. The third-order valence-corrected chi connectivity index (χ3v) is 21.8. The highest BCUT2D eigenvalue weighted by Crippen LogP contribution is 2.69. The summed E-state index contributed by atoms with van der Waals surface area (Å²) < 4.78 is 3.46. The summed E-state index contributed by atoms with van der Waals surface area (Å²) in [5, 5.41) is 44.9. The highest BCUT2D eigenvalue weighted by Gasteiger charge is 2.64. The van der Waals surface area contributed by atoms with E-state index in [-0.39, 0.29) is 58.2 Å². The van der Waals surface area contributed by atoms with Gasteiger partial charge in [-0.2, -0.15) is 15.2 Å². The van der Waals surface area contributed by atoms with Crippen LogP contribution >= 0.6 is 0 Å². The molecule has 0 amide bonds. The molecule has 0 unspecified atom stereocenters. The number of hydrogen-bond donors (Lipinski definition) is 2. The van der Waals surface area contributed by atoms with Crippen molar-refractivity contribution < 1.29 is 19.8 Å². The molecule has 2 N–H and O–H groups in total. The van der Waals surface area contributed by atoms with Crippen molar-refractivity contribution in [1.82, 2.24) is 14.3 Å². The third kappa shape index (κ3) is 8.27. The first kappa shape index (κ1) is 46.9. The Morgan fingerprint density at radius 3 is 1.97 bits per heavy atom. The van der Waals surface area contributed by atoms with Gasteiger partial charge in [-0.15, -0.1) is 0 Å². The molecule has 0 aromatic carbocycles. The number of rotatable bonds is 7. The molecule has 67 heavy (non-hydrogen) atoms. The summed E-state index contributed by atoms with van der Waals surface area (Å²) in [7, 11) is 0. The second kappa shape index (κ2) is 17.6. The first-order valence-corrected chi connectivity index (χ1v) is 26.8. The van der Waals surface area contributed by atoms with Crippen LogP contribution in [0.25, 0.3) is 4.85 Å². The Labute approximate surface area is 400 Å². The predicted molar refractivity (Wildman–Crippen MR) is 256 cm³/mol. The second-order valence-corrected chi connectivity index (χ2v) is 25.5. The van der Waals surface area contributed by atoms with E-state index in [0.717, 1.165) is 87.4 Å². The van der Waals surface area contributed by atoms with Gasteiger partial charge in [0.2, 0.25) is 0 Å². The summed E-state index contributed by atoms with van der Waals surface area (Å²) in [5.41, 5.74) is 0.399. The van der Waals surface area contributed by atoms with Crippen LogP contribution in [0.1, 0.15) is 161 Å². The molecule has 9 fully saturated rings. The number of nitrogens with zero attached hydrogens (tertiary/aromatic N) is 6. The number of aliphatic hydroxyl groups is 2. The zero-order valence-electron chi connectivity index (χ0n) is 41.2. The van der Waals surface area contributed by atoms with Crippen LogP contribution in [0.5, 0.6) is 0 Å². The Balaban J connectivity index is 0.000000159. The van der Waals surface area contributed by atoms with Crippen molar-refractivity contribution in [3.8, 4) is 12.1 Å². The SMILES string of the molecule is Cc1ccn(CC(=O)[C@H]2[C@H](C#N)C[C@H]3[C@@H]4CC[C@@H]5C[C@](C)(O)CC[C@@H]5[C@H]4CC[C@@]32C)c1.[C-]#[N+]c1cc(C#N)nn1CC(=O)[C@H]1C[C@@H](C2CCC2)[C@H]2[C@@H]3CC[C@@H]4C[C@](C)(O)CC[C@@H]4[C@H]3CC[C@@]21C. The standard InChI is InChI=1S/C30H40N4O2.C27H38N2O2/c1-29(36)11-9-21-19(15-29)7-8-23-22(21)10-12-30(2)25(14-24(28(23)30)18-5-4-6-18)26(35)17-34-27(32-3)13-20(16-31)33-34;1-17-8-11-29(15-17)16-24(30)25-19(14-28)12-23-22-5-4-18-13-26(2,31)9-6-20(18)21(22)7-10-27(23,25)3/h13,18-19,21-25,28,36H,4-12,14-15,17H2,1-2H3;8,11,15,18-23,25,31H,4-7,9-10,12-13,16H2,1-3H3/t19-,21+,22-,23-,24+,25-,28-,29-,30-;18-,19+,20+,21-,22-,23+,25-,26-,27+/m11/s1. The molecule has 9 aliphatic rings. The minimum Gasteiger partial charge on any atom is -0.390 e. The van der Waals surface area contributed by atoms with Crippen molar-refractivity contribution in [3.63, 3.8) is 0 Å². The average molecular weight is 911 g/mol. The van der Waals surface area contributed by atoms with Crippen LogP contribution in [0.15, 0.2) is 24.5 Å². The molecule has 0 saturated heterocycles. The lowest BCUT2D eigenvalue weighted by molar-refractivity contribution is -0.135. The monoisotopic (exact) mass is 911 g/mol. The summed E-state index contributed by atoms with van der Waals surface area (Å²) in [6.45, 7) is 18.8. The van der Waals surface area contributed by atoms with Crippen LogP contribution in [0.2, 0.25) is 0 Å². The third-order valence-electron chi connectivity index (χ3n) is 21.8. The van der Waals surface area contributed by atoms with Gasteiger partial charge in [0.15, 0.2) is 23.8 Å². The molecule has 9 aliphatic carbocycles. The fourth-order valence-corrected chi connectivity index (χ4v) is 18.8. The van der Waals surface area contributed by atoms with E-state index < -0.39 is 11.2 Å². The molecular weight excluding hydrogens is 833 g/mol. The van der Waals surface area contributed by atoms with Gasteiger partial charge in [-0.25, -0.2) is 0 Å². The maximum Gasteiger partial charge on any atom is 0.253 e. The fraction of sp³-hybridized carbons (Fsp3) is 0.789. The predicted octanol–water partition coefficient (Wildman–Crippen LogP) is 11.1. The van der Waals surface area contributed by atoms with E-state index in [1.165, 1.54) is 80.5 Å². The Bertz CT molecular complexity index is 2340.